The fourth-order valence-corrected chi connectivity index (χ4v) is 2.85. The van der Waals surface area contributed by atoms with E-state index >= 15 is 0 Å². The molecule has 0 bridgehead atoms. The highest BCUT2D eigenvalue weighted by atomic mass is 16.2. The number of nitrogens with zero attached hydrogens (tertiary/aromatic N) is 1. The van der Waals surface area contributed by atoms with E-state index in [0.29, 0.717) is 18.7 Å². The van der Waals surface area contributed by atoms with Crippen LogP contribution < -0.4 is 10.6 Å². The number of benzene rings is 1. The Labute approximate surface area is 138 Å². The van der Waals surface area contributed by atoms with Crippen molar-refractivity contribution in [3.8, 4) is 0 Å². The zero-order valence-corrected chi connectivity index (χ0v) is 14.1. The predicted molar refractivity (Wildman–Crippen MR) is 91.4 cm³/mol. The van der Waals surface area contributed by atoms with Crippen molar-refractivity contribution in [3.63, 3.8) is 0 Å². The van der Waals surface area contributed by atoms with Crippen molar-refractivity contribution < 1.29 is 9.59 Å². The lowest BCUT2D eigenvalue weighted by molar-refractivity contribution is -0.126. The van der Waals surface area contributed by atoms with Crippen molar-refractivity contribution in [2.45, 2.75) is 26.7 Å². The molecule has 0 aromatic heterocycles. The monoisotopic (exact) mass is 317 g/mol. The molecule has 0 radical (unpaired) electrons. The van der Waals surface area contributed by atoms with Gasteiger partial charge in [-0.3, -0.25) is 9.59 Å². The van der Waals surface area contributed by atoms with Gasteiger partial charge in [0.1, 0.15) is 0 Å². The van der Waals surface area contributed by atoms with Gasteiger partial charge in [-0.2, -0.15) is 0 Å². The Kier molecular flexibility index (Phi) is 6.59. The second-order valence-corrected chi connectivity index (χ2v) is 6.10. The molecule has 126 valence electrons. The molecule has 1 heterocycles. The van der Waals surface area contributed by atoms with Crippen LogP contribution in [0, 0.1) is 12.8 Å². The third kappa shape index (κ3) is 5.06. The van der Waals surface area contributed by atoms with Gasteiger partial charge >= 0.3 is 0 Å². The average molecular weight is 317 g/mol. The highest BCUT2D eigenvalue weighted by molar-refractivity contribution is 5.94. The first-order valence-corrected chi connectivity index (χ1v) is 8.46. The van der Waals surface area contributed by atoms with Crippen molar-refractivity contribution in [3.05, 3.63) is 35.4 Å². The van der Waals surface area contributed by atoms with Crippen LogP contribution in [-0.4, -0.2) is 49.4 Å². The smallest absolute Gasteiger partial charge is 0.253 e. The standard InChI is InChI=1S/C18H27N3O2/c1-3-19-10-11-20-17(22)16-5-4-12-21(13-16)18(23)15-8-6-14(2)7-9-15/h6-9,16,19H,3-5,10-13H2,1-2H3,(H,20,22). The molecule has 2 amide bonds. The summed E-state index contributed by atoms with van der Waals surface area (Å²) in [5, 5.41) is 6.13. The summed E-state index contributed by atoms with van der Waals surface area (Å²) in [6.45, 7) is 7.60. The third-order valence-electron chi connectivity index (χ3n) is 4.23. The van der Waals surface area contributed by atoms with Crippen LogP contribution in [0.5, 0.6) is 0 Å². The Bertz CT molecular complexity index is 528. The highest BCUT2D eigenvalue weighted by Gasteiger charge is 2.28. The second-order valence-electron chi connectivity index (χ2n) is 6.10. The van der Waals surface area contributed by atoms with E-state index in [0.717, 1.165) is 38.0 Å². The molecule has 1 aliphatic heterocycles. The maximum atomic E-state index is 12.6. The van der Waals surface area contributed by atoms with Gasteiger partial charge in [0.25, 0.3) is 5.91 Å². The maximum Gasteiger partial charge on any atom is 0.253 e. The Hall–Kier alpha value is -1.88. The number of nitrogens with one attached hydrogen (secondary N) is 2. The summed E-state index contributed by atoms with van der Waals surface area (Å²) in [7, 11) is 0. The van der Waals surface area contributed by atoms with Crippen LogP contribution in [0.4, 0.5) is 0 Å². The van der Waals surface area contributed by atoms with Gasteiger partial charge in [-0.15, -0.1) is 0 Å². The number of aryl methyl sites for hydroxylation is 1. The number of carbonyl (C=O) groups is 2. The van der Waals surface area contributed by atoms with E-state index in [4.69, 9.17) is 0 Å². The lowest BCUT2D eigenvalue weighted by Crippen LogP contribution is -2.46. The summed E-state index contributed by atoms with van der Waals surface area (Å²) in [5.41, 5.74) is 1.84. The first kappa shape index (κ1) is 17.5. The van der Waals surface area contributed by atoms with E-state index in [1.54, 1.807) is 0 Å². The third-order valence-corrected chi connectivity index (χ3v) is 4.23. The van der Waals surface area contributed by atoms with Gasteiger partial charge in [-0.1, -0.05) is 24.6 Å². The van der Waals surface area contributed by atoms with Gasteiger partial charge in [0, 0.05) is 31.7 Å². The largest absolute Gasteiger partial charge is 0.355 e. The summed E-state index contributed by atoms with van der Waals surface area (Å²) in [5.74, 6) is -0.0146. The summed E-state index contributed by atoms with van der Waals surface area (Å²) in [6.07, 6.45) is 1.73. The minimum absolute atomic E-state index is 0.0233. The molecule has 1 aromatic rings. The lowest BCUT2D eigenvalue weighted by Gasteiger charge is -2.32. The van der Waals surface area contributed by atoms with E-state index in [2.05, 4.69) is 10.6 Å². The predicted octanol–water partition coefficient (Wildman–Crippen LogP) is 1.57. The molecule has 23 heavy (non-hydrogen) atoms. The van der Waals surface area contributed by atoms with Crippen LogP contribution in [0.1, 0.15) is 35.7 Å². The zero-order chi connectivity index (χ0) is 16.7. The lowest BCUT2D eigenvalue weighted by atomic mass is 9.96. The number of hydrogen-bond acceptors (Lipinski definition) is 3. The van der Waals surface area contributed by atoms with Crippen molar-refractivity contribution in [2.75, 3.05) is 32.7 Å². The molecule has 0 aliphatic carbocycles. The van der Waals surface area contributed by atoms with Crippen LogP contribution in [0.2, 0.25) is 0 Å². The van der Waals surface area contributed by atoms with Gasteiger partial charge in [0.15, 0.2) is 0 Å². The first-order chi connectivity index (χ1) is 11.1. The van der Waals surface area contributed by atoms with E-state index in [1.807, 2.05) is 43.0 Å². The number of piperidine rings is 1. The fraction of sp³-hybridized carbons (Fsp3) is 0.556. The number of likely N-dealkylation sites (N-methyl/N-ethyl adjacent to an activating group) is 1. The number of amides is 2. The normalized spacial score (nSPS) is 17.8. The quantitative estimate of drug-likeness (QED) is 0.783. The van der Waals surface area contributed by atoms with Gasteiger partial charge < -0.3 is 15.5 Å². The number of carbonyl (C=O) groups excluding carboxylic acids is 2. The summed E-state index contributed by atoms with van der Waals surface area (Å²) in [6, 6.07) is 7.61. The second kappa shape index (κ2) is 8.67. The van der Waals surface area contributed by atoms with Crippen LogP contribution in [0.25, 0.3) is 0 Å². The molecule has 1 unspecified atom stereocenters. The maximum absolute atomic E-state index is 12.6. The SMILES string of the molecule is CCNCCNC(=O)C1CCCN(C(=O)c2ccc(C)cc2)C1. The van der Waals surface area contributed by atoms with Gasteiger partial charge in [0.05, 0.1) is 5.92 Å². The molecule has 1 fully saturated rings. The Morgan fingerprint density at radius 3 is 2.65 bits per heavy atom. The molecule has 2 N–H and O–H groups in total. The van der Waals surface area contributed by atoms with Crippen LogP contribution >= 0.6 is 0 Å². The molecule has 2 rings (SSSR count). The van der Waals surface area contributed by atoms with Crippen LogP contribution in [-0.2, 0) is 4.79 Å². The molecular formula is C18H27N3O2. The summed E-state index contributed by atoms with van der Waals surface area (Å²) in [4.78, 5) is 26.6. The molecule has 0 saturated carbocycles. The zero-order valence-electron chi connectivity index (χ0n) is 14.1. The average Bonchev–Trinajstić information content (AvgIpc) is 2.59. The fourth-order valence-electron chi connectivity index (χ4n) is 2.85. The number of hydrogen-bond donors (Lipinski definition) is 2. The molecular weight excluding hydrogens is 290 g/mol. The minimum atomic E-state index is -0.0974. The van der Waals surface area contributed by atoms with E-state index in [-0.39, 0.29) is 17.7 Å². The van der Waals surface area contributed by atoms with Crippen molar-refractivity contribution in [1.82, 2.24) is 15.5 Å². The van der Waals surface area contributed by atoms with Gasteiger partial charge in [-0.05, 0) is 38.4 Å². The minimum Gasteiger partial charge on any atom is -0.355 e. The van der Waals surface area contributed by atoms with E-state index in [9.17, 15) is 9.59 Å². The van der Waals surface area contributed by atoms with Gasteiger partial charge in [0.2, 0.25) is 5.91 Å². The summed E-state index contributed by atoms with van der Waals surface area (Å²) < 4.78 is 0. The Balaban J connectivity index is 1.88. The Morgan fingerprint density at radius 2 is 1.96 bits per heavy atom. The van der Waals surface area contributed by atoms with Gasteiger partial charge in [-0.25, -0.2) is 0 Å². The van der Waals surface area contributed by atoms with Crippen LogP contribution in [0.3, 0.4) is 0 Å². The molecule has 0 spiro atoms. The first-order valence-electron chi connectivity index (χ1n) is 8.46. The van der Waals surface area contributed by atoms with Crippen molar-refractivity contribution in [1.29, 1.82) is 0 Å². The van der Waals surface area contributed by atoms with Crippen LogP contribution in [0.15, 0.2) is 24.3 Å². The topological polar surface area (TPSA) is 61.4 Å². The van der Waals surface area contributed by atoms with E-state index < -0.39 is 0 Å². The highest BCUT2D eigenvalue weighted by Crippen LogP contribution is 2.19. The van der Waals surface area contributed by atoms with Crippen molar-refractivity contribution in [2.24, 2.45) is 5.92 Å². The molecule has 1 atom stereocenters. The molecule has 1 aliphatic rings. The molecule has 5 heteroatoms. The number of rotatable bonds is 6. The van der Waals surface area contributed by atoms with E-state index in [1.165, 1.54) is 0 Å². The molecule has 1 saturated heterocycles. The molecule has 5 nitrogen and oxygen atoms in total. The summed E-state index contributed by atoms with van der Waals surface area (Å²) >= 11 is 0. The molecule has 1 aromatic carbocycles. The number of likely N-dealkylation sites (tertiary alicyclic amines) is 1. The Morgan fingerprint density at radius 1 is 1.22 bits per heavy atom. The van der Waals surface area contributed by atoms with Crippen molar-refractivity contribution >= 4 is 11.8 Å².